The molecule has 0 N–H and O–H groups in total. The van der Waals surface area contributed by atoms with Gasteiger partial charge in [-0.05, 0) is 0 Å². The Bertz CT molecular complexity index is 489. The van der Waals surface area contributed by atoms with Crippen LogP contribution in [0.1, 0.15) is 12.6 Å². The van der Waals surface area contributed by atoms with E-state index in [1.807, 2.05) is 0 Å². The van der Waals surface area contributed by atoms with Crippen molar-refractivity contribution in [3.63, 3.8) is 0 Å². The Morgan fingerprint density at radius 1 is 1.18 bits per heavy atom. The molecule has 0 bridgehead atoms. The van der Waals surface area contributed by atoms with Crippen molar-refractivity contribution in [2.45, 2.75) is 13.3 Å². The third-order valence-corrected chi connectivity index (χ3v) is 5.14. The molecule has 2 rings (SSSR count). The molecule has 1 aromatic heterocycles. The van der Waals surface area contributed by atoms with Crippen LogP contribution in [0.15, 0.2) is 24.3 Å². The Morgan fingerprint density at radius 3 is 2.24 bits per heavy atom. The monoisotopic (exact) mass is 363 g/mol. The van der Waals surface area contributed by atoms with Gasteiger partial charge in [0, 0.05) is 0 Å². The van der Waals surface area contributed by atoms with Crippen LogP contribution < -0.4 is 2.79 Å². The molecule has 94 valence electrons. The molecular formula is C10H12BF4NTe. The van der Waals surface area contributed by atoms with Gasteiger partial charge in [0.05, 0.1) is 0 Å². The van der Waals surface area contributed by atoms with Gasteiger partial charge in [-0.25, -0.2) is 0 Å². The number of aryl methyl sites for hydroxylation is 2. The van der Waals surface area contributed by atoms with Crippen molar-refractivity contribution < 1.29 is 20.1 Å². The molecule has 1 nitrogen and oxygen atoms in total. The normalized spacial score (nSPS) is 11.2. The summed E-state index contributed by atoms with van der Waals surface area (Å²) in [6.07, 6.45) is 1.16. The first-order chi connectivity index (χ1) is 7.83. The van der Waals surface area contributed by atoms with Gasteiger partial charge in [0.1, 0.15) is 0 Å². The van der Waals surface area contributed by atoms with Crippen LogP contribution in [-0.2, 0) is 13.5 Å². The summed E-state index contributed by atoms with van der Waals surface area (Å²) in [7, 11) is -3.78. The molecular weight excluding hydrogens is 349 g/mol. The largest absolute Gasteiger partial charge is 0.673 e. The second kappa shape index (κ2) is 5.88. The first-order valence-electron chi connectivity index (χ1n) is 5.07. The van der Waals surface area contributed by atoms with E-state index in [2.05, 4.69) is 41.0 Å². The number of rotatable bonds is 1. The molecule has 17 heavy (non-hydrogen) atoms. The van der Waals surface area contributed by atoms with Crippen LogP contribution in [0.3, 0.4) is 0 Å². The van der Waals surface area contributed by atoms with Gasteiger partial charge in [0.15, 0.2) is 0 Å². The summed E-state index contributed by atoms with van der Waals surface area (Å²) in [5.74, 6) is 0. The minimum atomic E-state index is -6.00. The standard InChI is InChI=1S/C10H12NTe.BF4/c1-3-9-8-6-4-5-7-10(8)12-11(9)2;2-1(3,4)5/h4-7H,3H2,1-2H3;/q+1;-1. The van der Waals surface area contributed by atoms with Gasteiger partial charge in [-0.15, -0.1) is 0 Å². The first kappa shape index (κ1) is 14.5. The van der Waals surface area contributed by atoms with Crippen LogP contribution in [0, 0.1) is 0 Å². The summed E-state index contributed by atoms with van der Waals surface area (Å²) >= 11 is -0.0675. The topological polar surface area (TPSA) is 3.88 Å². The van der Waals surface area contributed by atoms with E-state index in [4.69, 9.17) is 0 Å². The number of hydrogen-bond donors (Lipinski definition) is 0. The van der Waals surface area contributed by atoms with E-state index in [0.717, 1.165) is 6.42 Å². The molecule has 0 aliphatic carbocycles. The van der Waals surface area contributed by atoms with Gasteiger partial charge in [-0.2, -0.15) is 0 Å². The minimum absolute atomic E-state index is 0.0675. The molecule has 0 saturated carbocycles. The molecule has 0 saturated heterocycles. The van der Waals surface area contributed by atoms with Gasteiger partial charge in [0.2, 0.25) is 0 Å². The predicted octanol–water partition coefficient (Wildman–Crippen LogP) is 2.58. The van der Waals surface area contributed by atoms with Crippen molar-refractivity contribution in [1.82, 2.24) is 0 Å². The van der Waals surface area contributed by atoms with Crippen LogP contribution >= 0.6 is 0 Å². The van der Waals surface area contributed by atoms with Crippen molar-refractivity contribution in [3.05, 3.63) is 30.0 Å². The maximum Gasteiger partial charge on any atom is 0.673 e. The molecule has 0 aliphatic heterocycles. The number of fused-ring (bicyclic) bond motifs is 1. The smallest absolute Gasteiger partial charge is 0.418 e. The van der Waals surface area contributed by atoms with Gasteiger partial charge < -0.3 is 17.3 Å². The number of aromatic nitrogens is 1. The summed E-state index contributed by atoms with van der Waals surface area (Å²) in [6, 6.07) is 8.82. The molecule has 0 fully saturated rings. The third-order valence-electron chi connectivity index (χ3n) is 2.15. The number of halogens is 4. The zero-order valence-electron chi connectivity index (χ0n) is 9.46. The fourth-order valence-corrected chi connectivity index (χ4v) is 4.58. The van der Waals surface area contributed by atoms with E-state index in [1.165, 1.54) is 11.1 Å². The number of hydrogen-bond acceptors (Lipinski definition) is 0. The van der Waals surface area contributed by atoms with Crippen molar-refractivity contribution in [3.8, 4) is 0 Å². The summed E-state index contributed by atoms with van der Waals surface area (Å²) in [4.78, 5) is 0. The Balaban J connectivity index is 0.000000249. The van der Waals surface area contributed by atoms with E-state index >= 15 is 0 Å². The first-order valence-corrected chi connectivity index (χ1v) is 7.28. The van der Waals surface area contributed by atoms with Crippen LogP contribution in [0.4, 0.5) is 17.3 Å². The summed E-state index contributed by atoms with van der Waals surface area (Å²) in [5.41, 5.74) is 1.54. The van der Waals surface area contributed by atoms with E-state index in [1.54, 1.807) is 3.40 Å². The molecule has 0 spiro atoms. The van der Waals surface area contributed by atoms with E-state index in [0.29, 0.717) is 0 Å². The Morgan fingerprint density at radius 2 is 1.71 bits per heavy atom. The van der Waals surface area contributed by atoms with Gasteiger partial charge in [-0.3, -0.25) is 0 Å². The van der Waals surface area contributed by atoms with E-state index in [9.17, 15) is 17.3 Å². The molecule has 0 amide bonds. The van der Waals surface area contributed by atoms with Crippen molar-refractivity contribution in [2.75, 3.05) is 0 Å². The second-order valence-electron chi connectivity index (χ2n) is 3.38. The average Bonchev–Trinajstić information content (AvgIpc) is 2.50. The fourth-order valence-electron chi connectivity index (χ4n) is 1.57. The van der Waals surface area contributed by atoms with Gasteiger partial charge in [0.25, 0.3) is 0 Å². The molecule has 2 aromatic rings. The van der Waals surface area contributed by atoms with Gasteiger partial charge in [-0.1, -0.05) is 0 Å². The quantitative estimate of drug-likeness (QED) is 0.544. The van der Waals surface area contributed by atoms with Crippen LogP contribution in [-0.4, -0.2) is 28.0 Å². The molecule has 1 heterocycles. The molecule has 7 heteroatoms. The average molecular weight is 361 g/mol. The molecule has 0 aliphatic rings. The summed E-state index contributed by atoms with van der Waals surface area (Å²) in [5, 5.41) is 1.50. The van der Waals surface area contributed by atoms with Crippen molar-refractivity contribution >= 4 is 36.8 Å². The Hall–Kier alpha value is -0.535. The minimum Gasteiger partial charge on any atom is -0.418 e. The molecule has 0 atom stereocenters. The fraction of sp³-hybridized carbons (Fsp3) is 0.300. The van der Waals surface area contributed by atoms with E-state index in [-0.39, 0.29) is 20.7 Å². The Labute approximate surface area is 107 Å². The van der Waals surface area contributed by atoms with Crippen LogP contribution in [0.2, 0.25) is 0 Å². The SMILES string of the molecule is CCc1c2ccccc2[te][n+]1C.F[B-](F)(F)F. The van der Waals surface area contributed by atoms with Crippen LogP contribution in [0.25, 0.3) is 8.79 Å². The molecule has 0 radical (unpaired) electrons. The summed E-state index contributed by atoms with van der Waals surface area (Å²) < 4.78 is 43.1. The Kier molecular flexibility index (Phi) is 5.02. The summed E-state index contributed by atoms with van der Waals surface area (Å²) in [6.45, 7) is 2.24. The van der Waals surface area contributed by atoms with Crippen molar-refractivity contribution in [2.24, 2.45) is 7.05 Å². The zero-order valence-corrected chi connectivity index (χ0v) is 11.8. The molecule has 0 unspecified atom stereocenters. The second-order valence-corrected chi connectivity index (χ2v) is 6.72. The van der Waals surface area contributed by atoms with Crippen molar-refractivity contribution in [1.29, 1.82) is 0 Å². The number of benzene rings is 1. The molecule has 1 aromatic carbocycles. The maximum absolute atomic E-state index is 9.75. The maximum atomic E-state index is 9.75. The zero-order chi connectivity index (χ0) is 13.1. The number of nitrogens with zero attached hydrogens (tertiary/aromatic N) is 1. The van der Waals surface area contributed by atoms with Crippen LogP contribution in [0.5, 0.6) is 0 Å². The predicted molar refractivity (Wildman–Crippen MR) is 61.6 cm³/mol. The van der Waals surface area contributed by atoms with Gasteiger partial charge >= 0.3 is 89.9 Å². The third kappa shape index (κ3) is 4.68. The van der Waals surface area contributed by atoms with E-state index < -0.39 is 7.25 Å².